The van der Waals surface area contributed by atoms with Crippen LogP contribution in [0.5, 0.6) is 11.5 Å². The predicted octanol–water partition coefficient (Wildman–Crippen LogP) is 4.62. The first-order chi connectivity index (χ1) is 15.8. The van der Waals surface area contributed by atoms with E-state index in [2.05, 4.69) is 9.64 Å². The summed E-state index contributed by atoms with van der Waals surface area (Å²) in [6.07, 6.45) is -1.54. The van der Waals surface area contributed by atoms with Gasteiger partial charge >= 0.3 is 12.5 Å². The zero-order chi connectivity index (χ0) is 25.1. The lowest BCUT2D eigenvalue weighted by Gasteiger charge is -2.43. The number of nitrogens with zero attached hydrogens (tertiary/aromatic N) is 2. The van der Waals surface area contributed by atoms with Crippen molar-refractivity contribution in [3.8, 4) is 11.5 Å². The number of aliphatic hydroxyl groups is 1. The van der Waals surface area contributed by atoms with Crippen molar-refractivity contribution < 1.29 is 37.7 Å². The van der Waals surface area contributed by atoms with Gasteiger partial charge in [-0.05, 0) is 51.3 Å². The molecule has 2 aliphatic rings. The largest absolute Gasteiger partial charge is 0.573 e. The lowest BCUT2D eigenvalue weighted by molar-refractivity contribution is -0.275. The zero-order valence-electron chi connectivity index (χ0n) is 20.0. The summed E-state index contributed by atoms with van der Waals surface area (Å²) in [7, 11) is 0. The van der Waals surface area contributed by atoms with Gasteiger partial charge in [0.2, 0.25) is 0 Å². The maximum atomic E-state index is 12.8. The van der Waals surface area contributed by atoms with Crippen molar-refractivity contribution >= 4 is 6.09 Å². The Morgan fingerprint density at radius 2 is 1.71 bits per heavy atom. The van der Waals surface area contributed by atoms with Crippen LogP contribution < -0.4 is 4.74 Å². The average molecular weight is 489 g/mol. The molecule has 1 aromatic carbocycles. The van der Waals surface area contributed by atoms with Crippen molar-refractivity contribution in [1.82, 2.24) is 9.80 Å². The van der Waals surface area contributed by atoms with Gasteiger partial charge in [0, 0.05) is 38.6 Å². The molecule has 0 radical (unpaired) electrons. The highest BCUT2D eigenvalue weighted by atomic mass is 19.4. The summed E-state index contributed by atoms with van der Waals surface area (Å²) < 4.78 is 47.9. The van der Waals surface area contributed by atoms with Gasteiger partial charge in [-0.15, -0.1) is 13.2 Å². The number of halogens is 3. The zero-order valence-corrected chi connectivity index (χ0v) is 20.0. The number of phenols is 1. The van der Waals surface area contributed by atoms with Crippen LogP contribution in [0.4, 0.5) is 18.0 Å². The SMILES string of the molecule is CC(C)(C)OC(=O)N1CCN(CC(c2ccc(O)c(OC(F)(F)F)c2)C2(O)CCCCC2)CC1. The average Bonchev–Trinajstić information content (AvgIpc) is 2.72. The van der Waals surface area contributed by atoms with Gasteiger partial charge in [-0.2, -0.15) is 0 Å². The Morgan fingerprint density at radius 1 is 1.09 bits per heavy atom. The van der Waals surface area contributed by atoms with E-state index in [9.17, 15) is 28.2 Å². The van der Waals surface area contributed by atoms with Crippen LogP contribution in [0.1, 0.15) is 64.4 Å². The lowest BCUT2D eigenvalue weighted by Crippen LogP contribution is -2.52. The van der Waals surface area contributed by atoms with E-state index in [-0.39, 0.29) is 6.09 Å². The molecule has 7 nitrogen and oxygen atoms in total. The second kappa shape index (κ2) is 10.2. The van der Waals surface area contributed by atoms with Gasteiger partial charge < -0.3 is 24.6 Å². The van der Waals surface area contributed by atoms with Gasteiger partial charge in [-0.3, -0.25) is 4.90 Å². The Hall–Kier alpha value is -2.20. The van der Waals surface area contributed by atoms with E-state index in [1.807, 2.05) is 20.8 Å². The predicted molar refractivity (Wildman–Crippen MR) is 120 cm³/mol. The fourth-order valence-corrected chi connectivity index (χ4v) is 4.75. The third-order valence-electron chi connectivity index (χ3n) is 6.44. The quantitative estimate of drug-likeness (QED) is 0.629. The Morgan fingerprint density at radius 3 is 2.26 bits per heavy atom. The van der Waals surface area contributed by atoms with Crippen LogP contribution in [0, 0.1) is 0 Å². The molecule has 0 bridgehead atoms. The van der Waals surface area contributed by atoms with E-state index in [1.54, 1.807) is 11.0 Å². The number of hydrogen-bond donors (Lipinski definition) is 2. The summed E-state index contributed by atoms with van der Waals surface area (Å²) in [5, 5.41) is 21.4. The van der Waals surface area contributed by atoms with E-state index in [0.29, 0.717) is 51.1 Å². The molecule has 3 rings (SSSR count). The maximum absolute atomic E-state index is 12.8. The second-order valence-electron chi connectivity index (χ2n) is 10.3. The number of phenolic OH excluding ortho intramolecular Hbond substituents is 1. The van der Waals surface area contributed by atoms with Gasteiger partial charge in [0.1, 0.15) is 5.60 Å². The van der Waals surface area contributed by atoms with E-state index in [4.69, 9.17) is 4.74 Å². The van der Waals surface area contributed by atoms with Crippen molar-refractivity contribution in [2.45, 2.75) is 76.4 Å². The Kier molecular flexibility index (Phi) is 7.92. The monoisotopic (exact) mass is 488 g/mol. The normalized spacial score (nSPS) is 20.6. The molecule has 1 aliphatic carbocycles. The molecule has 192 valence electrons. The van der Waals surface area contributed by atoms with Crippen molar-refractivity contribution in [3.05, 3.63) is 23.8 Å². The van der Waals surface area contributed by atoms with E-state index < -0.39 is 35.0 Å². The topological polar surface area (TPSA) is 82.5 Å². The summed E-state index contributed by atoms with van der Waals surface area (Å²) in [6, 6.07) is 3.90. The van der Waals surface area contributed by atoms with Crippen molar-refractivity contribution in [1.29, 1.82) is 0 Å². The van der Waals surface area contributed by atoms with Crippen LogP contribution in [0.25, 0.3) is 0 Å². The summed E-state index contributed by atoms with van der Waals surface area (Å²) in [5.74, 6) is -1.76. The number of rotatable bonds is 5. The van der Waals surface area contributed by atoms with Gasteiger partial charge in [-0.25, -0.2) is 4.79 Å². The van der Waals surface area contributed by atoms with Gasteiger partial charge in [0.15, 0.2) is 11.5 Å². The van der Waals surface area contributed by atoms with E-state index in [1.165, 1.54) is 12.1 Å². The molecule has 1 aromatic rings. The minimum absolute atomic E-state index is 0.373. The molecule has 1 atom stereocenters. The van der Waals surface area contributed by atoms with Crippen LogP contribution in [0.15, 0.2) is 18.2 Å². The number of piperazine rings is 1. The van der Waals surface area contributed by atoms with Crippen LogP contribution in [-0.2, 0) is 4.74 Å². The lowest BCUT2D eigenvalue weighted by atomic mass is 9.72. The van der Waals surface area contributed by atoms with Crippen LogP contribution >= 0.6 is 0 Å². The molecule has 1 saturated heterocycles. The molecule has 1 saturated carbocycles. The van der Waals surface area contributed by atoms with Crippen LogP contribution in [0.3, 0.4) is 0 Å². The number of aromatic hydroxyl groups is 1. The molecule has 1 unspecified atom stereocenters. The van der Waals surface area contributed by atoms with Gasteiger partial charge in [-0.1, -0.05) is 25.3 Å². The molecule has 34 heavy (non-hydrogen) atoms. The molecular weight excluding hydrogens is 453 g/mol. The van der Waals surface area contributed by atoms with Crippen LogP contribution in [-0.4, -0.2) is 76.4 Å². The summed E-state index contributed by atoms with van der Waals surface area (Å²) in [4.78, 5) is 16.1. The fourth-order valence-electron chi connectivity index (χ4n) is 4.75. The number of benzene rings is 1. The number of alkyl halides is 3. The smallest absolute Gasteiger partial charge is 0.504 e. The molecular formula is C24H35F3N2O5. The molecule has 2 fully saturated rings. The maximum Gasteiger partial charge on any atom is 0.573 e. The van der Waals surface area contributed by atoms with Crippen LogP contribution in [0.2, 0.25) is 0 Å². The number of amides is 1. The number of carbonyl (C=O) groups is 1. The molecule has 0 aromatic heterocycles. The first-order valence-electron chi connectivity index (χ1n) is 11.8. The minimum atomic E-state index is -4.94. The van der Waals surface area contributed by atoms with E-state index in [0.717, 1.165) is 19.3 Å². The van der Waals surface area contributed by atoms with Crippen molar-refractivity contribution in [3.63, 3.8) is 0 Å². The highest BCUT2D eigenvalue weighted by molar-refractivity contribution is 5.68. The highest BCUT2D eigenvalue weighted by Crippen LogP contribution is 2.43. The highest BCUT2D eigenvalue weighted by Gasteiger charge is 2.41. The summed E-state index contributed by atoms with van der Waals surface area (Å²) in [6.45, 7) is 7.86. The Bertz CT molecular complexity index is 842. The standard InChI is InChI=1S/C24H35F3N2O5/c1-22(2,3)34-21(31)29-13-11-28(12-14-29)16-18(23(32)9-5-4-6-10-23)17-7-8-19(30)20(15-17)33-24(25,26)27/h7-8,15,18,30,32H,4-6,9-14,16H2,1-3H3. The molecule has 0 spiro atoms. The van der Waals surface area contributed by atoms with Crippen molar-refractivity contribution in [2.75, 3.05) is 32.7 Å². The molecule has 2 N–H and O–H groups in total. The second-order valence-corrected chi connectivity index (χ2v) is 10.3. The number of ether oxygens (including phenoxy) is 2. The molecule has 1 heterocycles. The third kappa shape index (κ3) is 7.15. The summed E-state index contributed by atoms with van der Waals surface area (Å²) >= 11 is 0. The Balaban J connectivity index is 1.77. The first kappa shape index (κ1) is 26.4. The van der Waals surface area contributed by atoms with Gasteiger partial charge in [0.05, 0.1) is 5.60 Å². The Labute approximate surface area is 198 Å². The molecule has 1 amide bonds. The van der Waals surface area contributed by atoms with Crippen molar-refractivity contribution in [2.24, 2.45) is 0 Å². The fraction of sp³-hybridized carbons (Fsp3) is 0.708. The minimum Gasteiger partial charge on any atom is -0.504 e. The molecule has 10 heteroatoms. The number of hydrogen-bond acceptors (Lipinski definition) is 6. The van der Waals surface area contributed by atoms with Gasteiger partial charge in [0.25, 0.3) is 0 Å². The third-order valence-corrected chi connectivity index (χ3v) is 6.44. The number of carbonyl (C=O) groups excluding carboxylic acids is 1. The summed E-state index contributed by atoms with van der Waals surface area (Å²) in [5.41, 5.74) is -1.18. The van der Waals surface area contributed by atoms with E-state index >= 15 is 0 Å². The molecule has 1 aliphatic heterocycles. The first-order valence-corrected chi connectivity index (χ1v) is 11.8.